The van der Waals surface area contributed by atoms with E-state index in [-0.39, 0.29) is 41.2 Å². The Morgan fingerprint density at radius 1 is 0.939 bits per heavy atom. The predicted molar refractivity (Wildman–Crippen MR) is 118 cm³/mol. The van der Waals surface area contributed by atoms with E-state index in [2.05, 4.69) is 0 Å². The Hall–Kier alpha value is -3.42. The highest BCUT2D eigenvalue weighted by atomic mass is 16.5. The van der Waals surface area contributed by atoms with Gasteiger partial charge in [0.15, 0.2) is 11.5 Å². The van der Waals surface area contributed by atoms with Crippen molar-refractivity contribution in [1.82, 2.24) is 9.80 Å². The van der Waals surface area contributed by atoms with Gasteiger partial charge in [0, 0.05) is 20.0 Å². The Morgan fingerprint density at radius 2 is 1.61 bits per heavy atom. The van der Waals surface area contributed by atoms with Crippen LogP contribution in [0.1, 0.15) is 18.4 Å². The molecule has 2 saturated heterocycles. The van der Waals surface area contributed by atoms with Crippen LogP contribution in [0.4, 0.5) is 0 Å². The number of amides is 4. The van der Waals surface area contributed by atoms with Crippen molar-refractivity contribution in [2.45, 2.75) is 12.8 Å². The summed E-state index contributed by atoms with van der Waals surface area (Å²) in [5.41, 5.74) is 1.74. The normalized spacial score (nSPS) is 33.4. The number of carbonyl (C=O) groups is 4. The number of aromatic hydroxyl groups is 1. The molecular formula is C25H26N2O6. The van der Waals surface area contributed by atoms with Gasteiger partial charge in [0.2, 0.25) is 23.6 Å². The summed E-state index contributed by atoms with van der Waals surface area (Å²) >= 11 is 0. The van der Waals surface area contributed by atoms with Crippen molar-refractivity contribution in [1.29, 1.82) is 0 Å². The van der Waals surface area contributed by atoms with Crippen LogP contribution in [0, 0.1) is 35.5 Å². The van der Waals surface area contributed by atoms with E-state index in [4.69, 9.17) is 4.74 Å². The zero-order valence-electron chi connectivity index (χ0n) is 18.7. The number of phenolic OH excluding ortho intramolecular Hbond substituents is 1. The fourth-order valence-electron chi connectivity index (χ4n) is 6.18. The molecule has 172 valence electrons. The van der Waals surface area contributed by atoms with E-state index in [9.17, 15) is 24.3 Å². The Bertz CT molecular complexity index is 1140. The van der Waals surface area contributed by atoms with Gasteiger partial charge in [0.25, 0.3) is 0 Å². The lowest BCUT2D eigenvalue weighted by Gasteiger charge is -2.42. The summed E-state index contributed by atoms with van der Waals surface area (Å²) in [6.45, 7) is 0. The van der Waals surface area contributed by atoms with Crippen molar-refractivity contribution in [2.75, 3.05) is 21.2 Å². The number of nitrogens with zero attached hydrogens (tertiary/aromatic N) is 2. The van der Waals surface area contributed by atoms with Crippen molar-refractivity contribution >= 4 is 29.7 Å². The maximum absolute atomic E-state index is 13.0. The maximum atomic E-state index is 13.0. The Kier molecular flexibility index (Phi) is 4.92. The largest absolute Gasteiger partial charge is 0.504 e. The van der Waals surface area contributed by atoms with Crippen LogP contribution in [0.2, 0.25) is 0 Å². The quantitative estimate of drug-likeness (QED) is 0.557. The Balaban J connectivity index is 1.56. The topological polar surface area (TPSA) is 104 Å². The van der Waals surface area contributed by atoms with Crippen LogP contribution in [0.5, 0.6) is 11.5 Å². The van der Waals surface area contributed by atoms with Gasteiger partial charge >= 0.3 is 0 Å². The number of phenols is 1. The molecule has 1 N–H and O–H groups in total. The summed E-state index contributed by atoms with van der Waals surface area (Å²) in [5, 5.41) is 9.87. The second-order valence-corrected chi connectivity index (χ2v) is 9.33. The molecule has 1 aromatic carbocycles. The number of hydrogen-bond donors (Lipinski definition) is 1. The summed E-state index contributed by atoms with van der Waals surface area (Å²) in [5.74, 6) is -2.97. The molecule has 4 amide bonds. The van der Waals surface area contributed by atoms with E-state index in [0.29, 0.717) is 18.6 Å². The molecule has 1 saturated carbocycles. The summed E-state index contributed by atoms with van der Waals surface area (Å²) in [7, 11) is 4.49. The number of likely N-dealkylation sites (tertiary alicyclic amines) is 2. The lowest BCUT2D eigenvalue weighted by atomic mass is 9.58. The molecule has 6 unspecified atom stereocenters. The second-order valence-electron chi connectivity index (χ2n) is 9.33. The first-order chi connectivity index (χ1) is 15.7. The number of rotatable bonds is 3. The van der Waals surface area contributed by atoms with Gasteiger partial charge in [0.05, 0.1) is 30.8 Å². The molecular weight excluding hydrogens is 424 g/mol. The van der Waals surface area contributed by atoms with Gasteiger partial charge in [-0.25, -0.2) is 0 Å². The van der Waals surface area contributed by atoms with Gasteiger partial charge in [-0.05, 0) is 36.5 Å². The summed E-state index contributed by atoms with van der Waals surface area (Å²) in [4.78, 5) is 53.9. The van der Waals surface area contributed by atoms with Crippen molar-refractivity contribution in [3.8, 4) is 11.5 Å². The molecule has 8 heteroatoms. The number of methoxy groups -OCH3 is 1. The number of benzene rings is 1. The third kappa shape index (κ3) is 3.03. The maximum Gasteiger partial charge on any atom is 0.233 e. The van der Waals surface area contributed by atoms with E-state index in [1.54, 1.807) is 12.1 Å². The van der Waals surface area contributed by atoms with Crippen molar-refractivity contribution in [3.05, 3.63) is 41.5 Å². The second kappa shape index (κ2) is 7.57. The summed E-state index contributed by atoms with van der Waals surface area (Å²) in [6, 6.07) is 4.96. The minimum atomic E-state index is -0.526. The minimum Gasteiger partial charge on any atom is -0.504 e. The molecule has 4 aliphatic rings. The lowest BCUT2D eigenvalue weighted by Crippen LogP contribution is -2.43. The first-order valence-electron chi connectivity index (χ1n) is 11.1. The molecule has 3 fully saturated rings. The minimum absolute atomic E-state index is 0.0280. The van der Waals surface area contributed by atoms with E-state index in [0.717, 1.165) is 11.1 Å². The predicted octanol–water partition coefficient (Wildman–Crippen LogP) is 1.84. The third-order valence-corrected chi connectivity index (χ3v) is 7.84. The smallest absolute Gasteiger partial charge is 0.233 e. The van der Waals surface area contributed by atoms with Crippen LogP contribution in [-0.2, 0) is 19.2 Å². The van der Waals surface area contributed by atoms with Crippen LogP contribution in [0.15, 0.2) is 35.9 Å². The van der Waals surface area contributed by atoms with Crippen LogP contribution in [-0.4, -0.2) is 59.7 Å². The number of carbonyl (C=O) groups excluding carboxylic acids is 4. The molecule has 33 heavy (non-hydrogen) atoms. The SMILES string of the molecule is COc1cc(C=CC2C3=CCC4C(=O)N(C)C(=O)C4C3CC3C(=O)N(C)C(=O)C23)ccc1O. The van der Waals surface area contributed by atoms with E-state index in [1.807, 2.05) is 18.2 Å². The van der Waals surface area contributed by atoms with Gasteiger partial charge in [0.1, 0.15) is 0 Å². The Morgan fingerprint density at radius 3 is 2.30 bits per heavy atom. The average molecular weight is 450 g/mol. The standard InChI is InChI=1S/C25H26N2O6/c1-26-22(29)15-8-7-13-14(6-4-12-5-9-18(28)19(10-12)33-3)20-17(23(30)27(2)24(20)31)11-16(13)21(15)25(26)32/h4-7,9-10,14-17,20-21,28H,8,11H2,1-3H3. The number of ether oxygens (including phenoxy) is 1. The van der Waals surface area contributed by atoms with Crippen molar-refractivity contribution in [2.24, 2.45) is 35.5 Å². The molecule has 8 nitrogen and oxygen atoms in total. The molecule has 6 atom stereocenters. The molecule has 5 rings (SSSR count). The molecule has 2 aliphatic carbocycles. The monoisotopic (exact) mass is 450 g/mol. The summed E-state index contributed by atoms with van der Waals surface area (Å²) < 4.78 is 5.18. The van der Waals surface area contributed by atoms with Gasteiger partial charge in [-0.3, -0.25) is 29.0 Å². The molecule has 0 spiro atoms. The average Bonchev–Trinajstić information content (AvgIpc) is 3.17. The molecule has 0 radical (unpaired) electrons. The highest BCUT2D eigenvalue weighted by Gasteiger charge is 2.60. The number of allylic oxidation sites excluding steroid dienone is 3. The number of hydrogen-bond acceptors (Lipinski definition) is 6. The van der Waals surface area contributed by atoms with Crippen LogP contribution in [0.3, 0.4) is 0 Å². The molecule has 1 aromatic rings. The lowest BCUT2D eigenvalue weighted by molar-refractivity contribution is -0.140. The highest BCUT2D eigenvalue weighted by molar-refractivity contribution is 6.07. The molecule has 2 aliphatic heterocycles. The summed E-state index contributed by atoms with van der Waals surface area (Å²) in [6.07, 6.45) is 6.63. The van der Waals surface area contributed by atoms with Gasteiger partial charge in [-0.1, -0.05) is 29.9 Å². The highest BCUT2D eigenvalue weighted by Crippen LogP contribution is 2.55. The molecule has 0 bridgehead atoms. The van der Waals surface area contributed by atoms with Crippen LogP contribution < -0.4 is 4.74 Å². The van der Waals surface area contributed by atoms with Gasteiger partial charge in [-0.2, -0.15) is 0 Å². The third-order valence-electron chi connectivity index (χ3n) is 7.84. The van der Waals surface area contributed by atoms with Crippen LogP contribution in [0.25, 0.3) is 6.08 Å². The van der Waals surface area contributed by atoms with E-state index >= 15 is 0 Å². The van der Waals surface area contributed by atoms with Gasteiger partial charge < -0.3 is 9.84 Å². The van der Waals surface area contributed by atoms with Crippen molar-refractivity contribution in [3.63, 3.8) is 0 Å². The number of imide groups is 2. The first kappa shape index (κ1) is 21.4. The van der Waals surface area contributed by atoms with Crippen molar-refractivity contribution < 1.29 is 29.0 Å². The van der Waals surface area contributed by atoms with Gasteiger partial charge in [-0.15, -0.1) is 0 Å². The zero-order valence-corrected chi connectivity index (χ0v) is 18.7. The Labute approximate surface area is 191 Å². The number of fused-ring (bicyclic) bond motifs is 4. The fraction of sp³-hybridized carbons (Fsp3) is 0.440. The fourth-order valence-corrected chi connectivity index (χ4v) is 6.18. The molecule has 0 aromatic heterocycles. The van der Waals surface area contributed by atoms with E-state index in [1.165, 1.54) is 37.1 Å². The first-order valence-corrected chi connectivity index (χ1v) is 11.1. The zero-order chi connectivity index (χ0) is 23.6. The molecule has 2 heterocycles. The van der Waals surface area contributed by atoms with E-state index < -0.39 is 23.7 Å². The van der Waals surface area contributed by atoms with Crippen LogP contribution >= 0.6 is 0 Å².